The van der Waals surface area contributed by atoms with Gasteiger partial charge < -0.3 is 0 Å². The first-order chi connectivity index (χ1) is 6.73. The van der Waals surface area contributed by atoms with Crippen LogP contribution in [0.15, 0.2) is 10.7 Å². The number of hydrogen-bond acceptors (Lipinski definition) is 1. The number of aromatic nitrogens is 1. The minimum Gasteiger partial charge on any atom is -0.212 e. The maximum Gasteiger partial charge on any atom is 0.419 e. The highest BCUT2D eigenvalue weighted by molar-refractivity contribution is 9.10. The number of rotatable bonds is 1. The van der Waals surface area contributed by atoms with Gasteiger partial charge in [0.2, 0.25) is 5.95 Å². The number of nitrogens with zero attached hydrogens (tertiary/aromatic N) is 1. The molecule has 8 heteroatoms. The molecule has 0 fully saturated rings. The molecule has 1 aromatic rings. The predicted octanol–water partition coefficient (Wildman–Crippen LogP) is 3.94. The van der Waals surface area contributed by atoms with E-state index in [9.17, 15) is 26.3 Å². The van der Waals surface area contributed by atoms with E-state index in [1.807, 2.05) is 0 Å². The van der Waals surface area contributed by atoms with Crippen molar-refractivity contribution < 1.29 is 26.3 Å². The van der Waals surface area contributed by atoms with Crippen molar-refractivity contribution >= 4 is 15.9 Å². The summed E-state index contributed by atoms with van der Waals surface area (Å²) in [7, 11) is 0. The van der Waals surface area contributed by atoms with Crippen molar-refractivity contribution in [3.63, 3.8) is 0 Å². The van der Waals surface area contributed by atoms with Crippen LogP contribution >= 0.6 is 15.9 Å². The Morgan fingerprint density at radius 3 is 2.20 bits per heavy atom. The molecule has 1 rings (SSSR count). The minimum atomic E-state index is -5.01. The van der Waals surface area contributed by atoms with Crippen LogP contribution in [-0.2, 0) is 6.18 Å². The smallest absolute Gasteiger partial charge is 0.212 e. The number of hydrogen-bond donors (Lipinski definition) is 0. The van der Waals surface area contributed by atoms with E-state index < -0.39 is 34.3 Å². The first-order valence-corrected chi connectivity index (χ1v) is 4.24. The van der Waals surface area contributed by atoms with Crippen LogP contribution in [0, 0.1) is 5.95 Å². The van der Waals surface area contributed by atoms with E-state index in [0.29, 0.717) is 0 Å². The van der Waals surface area contributed by atoms with E-state index in [-0.39, 0.29) is 6.07 Å². The summed E-state index contributed by atoms with van der Waals surface area (Å²) in [5.41, 5.74) is -3.08. The zero-order chi connectivity index (χ0) is 11.8. The van der Waals surface area contributed by atoms with Gasteiger partial charge in [-0.25, -0.2) is 13.8 Å². The Kier molecular flexibility index (Phi) is 3.27. The molecule has 1 aromatic heterocycles. The third-order valence-electron chi connectivity index (χ3n) is 1.49. The van der Waals surface area contributed by atoms with Crippen LogP contribution in [0.3, 0.4) is 0 Å². The maximum absolute atomic E-state index is 12.5. The van der Waals surface area contributed by atoms with Gasteiger partial charge in [0, 0.05) is 11.6 Å². The van der Waals surface area contributed by atoms with E-state index in [2.05, 4.69) is 20.9 Å². The van der Waals surface area contributed by atoms with Crippen molar-refractivity contribution in [2.75, 3.05) is 0 Å². The van der Waals surface area contributed by atoms with E-state index in [0.717, 1.165) is 0 Å². The van der Waals surface area contributed by atoms with Gasteiger partial charge in [-0.15, -0.1) is 0 Å². The SMILES string of the molecule is Fc1cc(C(F)F)c(C(F)(F)F)c(Br)n1. The highest BCUT2D eigenvalue weighted by Crippen LogP contribution is 2.40. The fourth-order valence-corrected chi connectivity index (χ4v) is 1.58. The number of halogens is 7. The average molecular weight is 294 g/mol. The first-order valence-electron chi connectivity index (χ1n) is 3.44. The van der Waals surface area contributed by atoms with Gasteiger partial charge in [0.15, 0.2) is 0 Å². The van der Waals surface area contributed by atoms with Crippen LogP contribution in [0.1, 0.15) is 17.6 Å². The lowest BCUT2D eigenvalue weighted by Gasteiger charge is -2.13. The summed E-state index contributed by atoms with van der Waals surface area (Å²) in [4.78, 5) is 2.78. The molecule has 0 spiro atoms. The van der Waals surface area contributed by atoms with E-state index in [4.69, 9.17) is 0 Å². The van der Waals surface area contributed by atoms with Crippen molar-refractivity contribution in [3.8, 4) is 0 Å². The molecule has 1 heterocycles. The molecule has 84 valence electrons. The van der Waals surface area contributed by atoms with E-state index >= 15 is 0 Å². The lowest BCUT2D eigenvalue weighted by Crippen LogP contribution is -2.12. The number of alkyl halides is 5. The van der Waals surface area contributed by atoms with Crippen molar-refractivity contribution in [2.45, 2.75) is 12.6 Å². The van der Waals surface area contributed by atoms with E-state index in [1.54, 1.807) is 0 Å². The summed E-state index contributed by atoms with van der Waals surface area (Å²) in [5.74, 6) is -1.40. The lowest BCUT2D eigenvalue weighted by atomic mass is 10.1. The molecule has 0 aliphatic heterocycles. The molecule has 0 aliphatic carbocycles. The van der Waals surface area contributed by atoms with Crippen LogP contribution in [0.4, 0.5) is 26.3 Å². The van der Waals surface area contributed by atoms with Gasteiger partial charge in [-0.05, 0) is 15.9 Å². The molecule has 0 aromatic carbocycles. The zero-order valence-corrected chi connectivity index (χ0v) is 8.33. The molecule has 0 aliphatic rings. The molecule has 0 saturated carbocycles. The highest BCUT2D eigenvalue weighted by atomic mass is 79.9. The third kappa shape index (κ3) is 2.61. The molecule has 0 saturated heterocycles. The largest absolute Gasteiger partial charge is 0.419 e. The van der Waals surface area contributed by atoms with Crippen molar-refractivity contribution in [3.05, 3.63) is 27.7 Å². The Labute approximate surface area is 88.2 Å². The third-order valence-corrected chi connectivity index (χ3v) is 2.07. The first kappa shape index (κ1) is 12.3. The maximum atomic E-state index is 12.5. The van der Waals surface area contributed by atoms with Crippen LogP contribution in [0.25, 0.3) is 0 Å². The van der Waals surface area contributed by atoms with Crippen LogP contribution < -0.4 is 0 Å². The van der Waals surface area contributed by atoms with Gasteiger partial charge in [-0.2, -0.15) is 17.6 Å². The quantitative estimate of drug-likeness (QED) is 0.564. The summed E-state index contributed by atoms with van der Waals surface area (Å²) >= 11 is 2.30. The highest BCUT2D eigenvalue weighted by Gasteiger charge is 2.39. The van der Waals surface area contributed by atoms with Crippen LogP contribution in [0.2, 0.25) is 0 Å². The molecule has 0 bridgehead atoms. The Bertz CT molecular complexity index is 374. The van der Waals surface area contributed by atoms with Gasteiger partial charge >= 0.3 is 6.18 Å². The summed E-state index contributed by atoms with van der Waals surface area (Å²) in [6.07, 6.45) is -8.43. The van der Waals surface area contributed by atoms with Gasteiger partial charge in [-0.3, -0.25) is 0 Å². The molecule has 0 atom stereocenters. The Hall–Kier alpha value is -0.790. The van der Waals surface area contributed by atoms with Gasteiger partial charge in [0.05, 0.1) is 5.56 Å². The fraction of sp³-hybridized carbons (Fsp3) is 0.286. The summed E-state index contributed by atoms with van der Waals surface area (Å²) in [6, 6.07) is 0.0677. The van der Waals surface area contributed by atoms with Gasteiger partial charge in [0.25, 0.3) is 6.43 Å². The molecule has 0 amide bonds. The number of pyridine rings is 1. The molecule has 15 heavy (non-hydrogen) atoms. The average Bonchev–Trinajstić information content (AvgIpc) is 1.99. The lowest BCUT2D eigenvalue weighted by molar-refractivity contribution is -0.140. The monoisotopic (exact) mass is 293 g/mol. The second kappa shape index (κ2) is 3.99. The standard InChI is InChI=1S/C7H2BrF6N/c8-5-4(7(12,13)14)2(6(10)11)1-3(9)15-5/h1,6H. The summed E-state index contributed by atoms with van der Waals surface area (Å²) < 4.78 is 72.8. The second-order valence-electron chi connectivity index (χ2n) is 2.50. The van der Waals surface area contributed by atoms with Crippen molar-refractivity contribution in [1.82, 2.24) is 4.98 Å². The molecule has 0 N–H and O–H groups in total. The zero-order valence-electron chi connectivity index (χ0n) is 6.75. The normalized spacial score (nSPS) is 12.3. The molecular weight excluding hydrogens is 292 g/mol. The summed E-state index contributed by atoms with van der Waals surface area (Å²) in [6.45, 7) is 0. The molecule has 1 nitrogen and oxygen atoms in total. The topological polar surface area (TPSA) is 12.9 Å². The molecule has 0 radical (unpaired) electrons. The Morgan fingerprint density at radius 1 is 1.27 bits per heavy atom. The van der Waals surface area contributed by atoms with Gasteiger partial charge in [0.1, 0.15) is 4.60 Å². The Morgan fingerprint density at radius 2 is 1.80 bits per heavy atom. The molecule has 0 unspecified atom stereocenters. The van der Waals surface area contributed by atoms with Gasteiger partial charge in [-0.1, -0.05) is 0 Å². The second-order valence-corrected chi connectivity index (χ2v) is 3.25. The predicted molar refractivity (Wildman–Crippen MR) is 41.9 cm³/mol. The fourth-order valence-electron chi connectivity index (χ4n) is 0.954. The van der Waals surface area contributed by atoms with Crippen molar-refractivity contribution in [2.24, 2.45) is 0 Å². The van der Waals surface area contributed by atoms with Crippen molar-refractivity contribution in [1.29, 1.82) is 0 Å². The minimum absolute atomic E-state index is 0.0677. The van der Waals surface area contributed by atoms with E-state index in [1.165, 1.54) is 0 Å². The Balaban J connectivity index is 3.48. The summed E-state index contributed by atoms with van der Waals surface area (Å²) in [5, 5.41) is 0. The molecular formula is C7H2BrF6N. The van der Waals surface area contributed by atoms with Crippen LogP contribution in [-0.4, -0.2) is 4.98 Å². The van der Waals surface area contributed by atoms with Crippen LogP contribution in [0.5, 0.6) is 0 Å².